The molecule has 1 aromatic rings. The van der Waals surface area contributed by atoms with Crippen molar-refractivity contribution in [3.05, 3.63) is 29.8 Å². The van der Waals surface area contributed by atoms with Crippen molar-refractivity contribution in [3.63, 3.8) is 0 Å². The standard InChI is InChI=1S/C16H27NO2/c1-3-4-5-6-11-17-12-15(18)13-19-16-9-7-14(2)8-10-16/h7-10,15,17-18H,3-6,11-13H2,1-2H3. The molecule has 3 heteroatoms. The van der Waals surface area contributed by atoms with E-state index in [0.717, 1.165) is 12.3 Å². The Kier molecular flexibility index (Phi) is 8.26. The van der Waals surface area contributed by atoms with E-state index in [-0.39, 0.29) is 0 Å². The van der Waals surface area contributed by atoms with Gasteiger partial charge in [-0.15, -0.1) is 0 Å². The minimum absolute atomic E-state index is 0.338. The molecule has 0 aliphatic carbocycles. The van der Waals surface area contributed by atoms with E-state index in [1.165, 1.54) is 31.2 Å². The lowest BCUT2D eigenvalue weighted by Crippen LogP contribution is -2.32. The van der Waals surface area contributed by atoms with Crippen LogP contribution in [0.25, 0.3) is 0 Å². The average Bonchev–Trinajstić information content (AvgIpc) is 2.42. The molecule has 0 spiro atoms. The molecule has 0 amide bonds. The van der Waals surface area contributed by atoms with Crippen LogP contribution in [0.3, 0.4) is 0 Å². The van der Waals surface area contributed by atoms with Gasteiger partial charge in [0.1, 0.15) is 18.5 Å². The van der Waals surface area contributed by atoms with E-state index >= 15 is 0 Å². The van der Waals surface area contributed by atoms with E-state index in [0.29, 0.717) is 13.2 Å². The van der Waals surface area contributed by atoms with Gasteiger partial charge >= 0.3 is 0 Å². The Morgan fingerprint density at radius 1 is 1.16 bits per heavy atom. The van der Waals surface area contributed by atoms with Crippen molar-refractivity contribution < 1.29 is 9.84 Å². The van der Waals surface area contributed by atoms with Crippen molar-refractivity contribution in [3.8, 4) is 5.75 Å². The minimum atomic E-state index is -0.451. The van der Waals surface area contributed by atoms with E-state index in [4.69, 9.17) is 4.74 Å². The summed E-state index contributed by atoms with van der Waals surface area (Å²) in [6.45, 7) is 6.16. The summed E-state index contributed by atoms with van der Waals surface area (Å²) < 4.78 is 5.53. The lowest BCUT2D eigenvalue weighted by Gasteiger charge is -2.13. The number of nitrogens with one attached hydrogen (secondary N) is 1. The van der Waals surface area contributed by atoms with Gasteiger partial charge in [-0.2, -0.15) is 0 Å². The van der Waals surface area contributed by atoms with Crippen LogP contribution >= 0.6 is 0 Å². The molecular formula is C16H27NO2. The molecule has 0 aliphatic heterocycles. The molecule has 0 saturated carbocycles. The Balaban J connectivity index is 2.04. The van der Waals surface area contributed by atoms with Gasteiger partial charge in [0.2, 0.25) is 0 Å². The van der Waals surface area contributed by atoms with Gasteiger partial charge in [0.15, 0.2) is 0 Å². The van der Waals surface area contributed by atoms with Crippen LogP contribution in [0.15, 0.2) is 24.3 Å². The van der Waals surface area contributed by atoms with Crippen molar-refractivity contribution in [2.45, 2.75) is 45.6 Å². The van der Waals surface area contributed by atoms with Crippen LogP contribution in [-0.4, -0.2) is 30.9 Å². The Morgan fingerprint density at radius 3 is 2.58 bits per heavy atom. The second-order valence-electron chi connectivity index (χ2n) is 5.04. The van der Waals surface area contributed by atoms with Crippen LogP contribution in [0.5, 0.6) is 5.75 Å². The number of aryl methyl sites for hydroxylation is 1. The largest absolute Gasteiger partial charge is 0.491 e. The van der Waals surface area contributed by atoms with Gasteiger partial charge in [0.05, 0.1) is 0 Å². The monoisotopic (exact) mass is 265 g/mol. The van der Waals surface area contributed by atoms with E-state index in [2.05, 4.69) is 12.2 Å². The van der Waals surface area contributed by atoms with Crippen molar-refractivity contribution in [1.29, 1.82) is 0 Å². The van der Waals surface area contributed by atoms with Crippen LogP contribution in [0.4, 0.5) is 0 Å². The third kappa shape index (κ3) is 7.85. The fourth-order valence-corrected chi connectivity index (χ4v) is 1.83. The SMILES string of the molecule is CCCCCCNCC(O)COc1ccc(C)cc1. The van der Waals surface area contributed by atoms with Crippen LogP contribution < -0.4 is 10.1 Å². The number of unbranched alkanes of at least 4 members (excludes halogenated alkanes) is 3. The minimum Gasteiger partial charge on any atom is -0.491 e. The van der Waals surface area contributed by atoms with Crippen LogP contribution in [0, 0.1) is 6.92 Å². The number of hydrogen-bond donors (Lipinski definition) is 2. The Bertz CT molecular complexity index is 324. The molecule has 1 rings (SSSR count). The van der Waals surface area contributed by atoms with Gasteiger partial charge in [-0.3, -0.25) is 0 Å². The van der Waals surface area contributed by atoms with Crippen molar-refractivity contribution in [1.82, 2.24) is 5.32 Å². The van der Waals surface area contributed by atoms with Gasteiger partial charge < -0.3 is 15.2 Å². The highest BCUT2D eigenvalue weighted by molar-refractivity contribution is 5.26. The summed E-state index contributed by atoms with van der Waals surface area (Å²) >= 11 is 0. The average molecular weight is 265 g/mol. The van der Waals surface area contributed by atoms with Crippen molar-refractivity contribution >= 4 is 0 Å². The maximum absolute atomic E-state index is 9.78. The molecule has 3 nitrogen and oxygen atoms in total. The number of rotatable bonds is 10. The first kappa shape index (κ1) is 16.0. The Labute approximate surface area is 117 Å². The second-order valence-corrected chi connectivity index (χ2v) is 5.04. The molecule has 1 atom stereocenters. The third-order valence-electron chi connectivity index (χ3n) is 3.05. The van der Waals surface area contributed by atoms with Gasteiger partial charge in [-0.1, -0.05) is 43.9 Å². The summed E-state index contributed by atoms with van der Waals surface area (Å²) in [5.74, 6) is 0.813. The van der Waals surface area contributed by atoms with Crippen LogP contribution in [-0.2, 0) is 0 Å². The number of aliphatic hydroxyl groups excluding tert-OH is 1. The lowest BCUT2D eigenvalue weighted by atomic mass is 10.2. The summed E-state index contributed by atoms with van der Waals surface area (Å²) in [5.41, 5.74) is 1.21. The smallest absolute Gasteiger partial charge is 0.119 e. The fraction of sp³-hybridized carbons (Fsp3) is 0.625. The van der Waals surface area contributed by atoms with E-state index < -0.39 is 6.10 Å². The summed E-state index contributed by atoms with van der Waals surface area (Å²) in [6, 6.07) is 7.88. The van der Waals surface area contributed by atoms with Gasteiger partial charge in [-0.05, 0) is 32.0 Å². The zero-order valence-electron chi connectivity index (χ0n) is 12.2. The zero-order chi connectivity index (χ0) is 13.9. The maximum atomic E-state index is 9.78. The summed E-state index contributed by atoms with van der Waals surface area (Å²) in [6.07, 6.45) is 4.54. The molecule has 0 heterocycles. The zero-order valence-corrected chi connectivity index (χ0v) is 12.2. The van der Waals surface area contributed by atoms with E-state index in [1.807, 2.05) is 31.2 Å². The Hall–Kier alpha value is -1.06. The Morgan fingerprint density at radius 2 is 1.89 bits per heavy atom. The molecule has 2 N–H and O–H groups in total. The maximum Gasteiger partial charge on any atom is 0.119 e. The number of hydrogen-bond acceptors (Lipinski definition) is 3. The van der Waals surface area contributed by atoms with Gasteiger partial charge in [0, 0.05) is 6.54 Å². The summed E-state index contributed by atoms with van der Waals surface area (Å²) in [5, 5.41) is 13.0. The molecule has 1 aromatic carbocycles. The highest BCUT2D eigenvalue weighted by atomic mass is 16.5. The van der Waals surface area contributed by atoms with Gasteiger partial charge in [-0.25, -0.2) is 0 Å². The molecule has 108 valence electrons. The first-order chi connectivity index (χ1) is 9.22. The number of aliphatic hydroxyl groups is 1. The topological polar surface area (TPSA) is 41.5 Å². The summed E-state index contributed by atoms with van der Waals surface area (Å²) in [4.78, 5) is 0. The molecule has 0 fully saturated rings. The predicted octanol–water partition coefficient (Wildman–Crippen LogP) is 2.90. The highest BCUT2D eigenvalue weighted by Crippen LogP contribution is 2.11. The first-order valence-corrected chi connectivity index (χ1v) is 7.30. The highest BCUT2D eigenvalue weighted by Gasteiger charge is 2.04. The van der Waals surface area contributed by atoms with Crippen LogP contribution in [0.2, 0.25) is 0 Å². The van der Waals surface area contributed by atoms with E-state index in [1.54, 1.807) is 0 Å². The van der Waals surface area contributed by atoms with Crippen molar-refractivity contribution in [2.75, 3.05) is 19.7 Å². The molecule has 1 unspecified atom stereocenters. The van der Waals surface area contributed by atoms with Crippen LogP contribution in [0.1, 0.15) is 38.2 Å². The quantitative estimate of drug-likeness (QED) is 0.639. The first-order valence-electron chi connectivity index (χ1n) is 7.30. The summed E-state index contributed by atoms with van der Waals surface area (Å²) in [7, 11) is 0. The molecule has 19 heavy (non-hydrogen) atoms. The molecule has 0 aliphatic rings. The molecule has 0 aromatic heterocycles. The molecular weight excluding hydrogens is 238 g/mol. The van der Waals surface area contributed by atoms with Gasteiger partial charge in [0.25, 0.3) is 0 Å². The fourth-order valence-electron chi connectivity index (χ4n) is 1.83. The third-order valence-corrected chi connectivity index (χ3v) is 3.05. The predicted molar refractivity (Wildman–Crippen MR) is 79.7 cm³/mol. The molecule has 0 saturated heterocycles. The van der Waals surface area contributed by atoms with Crippen molar-refractivity contribution in [2.24, 2.45) is 0 Å². The lowest BCUT2D eigenvalue weighted by molar-refractivity contribution is 0.106. The number of benzene rings is 1. The molecule has 0 bridgehead atoms. The second kappa shape index (κ2) is 9.82. The van der Waals surface area contributed by atoms with E-state index in [9.17, 15) is 5.11 Å². The number of ether oxygens (including phenoxy) is 1. The normalized spacial score (nSPS) is 12.4. The molecule has 0 radical (unpaired) electrons.